The van der Waals surface area contributed by atoms with Gasteiger partial charge in [0.25, 0.3) is 0 Å². The minimum atomic E-state index is 0.391. The van der Waals surface area contributed by atoms with Crippen LogP contribution in [0.5, 0.6) is 5.75 Å². The van der Waals surface area contributed by atoms with Crippen molar-refractivity contribution in [3.05, 3.63) is 29.8 Å². The Labute approximate surface area is 86.2 Å². The molecule has 1 unspecified atom stereocenters. The molecule has 2 nitrogen and oxygen atoms in total. The maximum absolute atomic E-state index is 9.59. The van der Waals surface area contributed by atoms with E-state index in [1.807, 2.05) is 18.2 Å². The van der Waals surface area contributed by atoms with Crippen molar-refractivity contribution in [2.24, 2.45) is 0 Å². The van der Waals surface area contributed by atoms with Crippen molar-refractivity contribution in [3.63, 3.8) is 0 Å². The fourth-order valence-corrected chi connectivity index (χ4v) is 1.38. The van der Waals surface area contributed by atoms with E-state index in [2.05, 4.69) is 25.8 Å². The molecule has 0 aliphatic heterocycles. The maximum Gasteiger partial charge on any atom is 0.120 e. The summed E-state index contributed by atoms with van der Waals surface area (Å²) in [5, 5.41) is 9.59. The highest BCUT2D eigenvalue weighted by molar-refractivity contribution is 5.31. The summed E-state index contributed by atoms with van der Waals surface area (Å²) in [4.78, 5) is 2.25. The fraction of sp³-hybridized carbons (Fsp3) is 0.500. The molecule has 0 radical (unpaired) electrons. The van der Waals surface area contributed by atoms with Gasteiger partial charge in [-0.05, 0) is 26.5 Å². The van der Waals surface area contributed by atoms with Crippen LogP contribution in [0.15, 0.2) is 24.3 Å². The highest BCUT2D eigenvalue weighted by Gasteiger charge is 2.08. The van der Waals surface area contributed by atoms with E-state index < -0.39 is 0 Å². The lowest BCUT2D eigenvalue weighted by Gasteiger charge is -2.23. The Bertz CT molecular complexity index is 285. The third-order valence-corrected chi connectivity index (χ3v) is 2.75. The number of hydrogen-bond donors (Lipinski definition) is 1. The molecule has 1 aromatic rings. The lowest BCUT2D eigenvalue weighted by molar-refractivity contribution is 0.241. The molecule has 1 aromatic carbocycles. The van der Waals surface area contributed by atoms with Crippen LogP contribution in [-0.2, 0) is 6.54 Å². The SMILES string of the molecule is CCC(C)N(C)Cc1ccccc1O. The van der Waals surface area contributed by atoms with Crippen molar-refractivity contribution in [2.75, 3.05) is 7.05 Å². The van der Waals surface area contributed by atoms with Gasteiger partial charge in [0.2, 0.25) is 0 Å². The van der Waals surface area contributed by atoms with Gasteiger partial charge in [0.1, 0.15) is 5.75 Å². The third kappa shape index (κ3) is 2.74. The van der Waals surface area contributed by atoms with Gasteiger partial charge < -0.3 is 5.11 Å². The number of phenolic OH excluding ortho intramolecular Hbond substituents is 1. The summed E-state index contributed by atoms with van der Waals surface area (Å²) in [5.41, 5.74) is 0.996. The smallest absolute Gasteiger partial charge is 0.120 e. The second kappa shape index (κ2) is 5.01. The summed E-state index contributed by atoms with van der Waals surface area (Å²) in [6, 6.07) is 8.06. The lowest BCUT2D eigenvalue weighted by atomic mass is 10.1. The Hall–Kier alpha value is -1.02. The van der Waals surface area contributed by atoms with Gasteiger partial charge in [0.05, 0.1) is 0 Å². The molecule has 0 saturated carbocycles. The van der Waals surface area contributed by atoms with Crippen LogP contribution >= 0.6 is 0 Å². The molecule has 0 bridgehead atoms. The van der Waals surface area contributed by atoms with Gasteiger partial charge in [-0.2, -0.15) is 0 Å². The van der Waals surface area contributed by atoms with Gasteiger partial charge in [-0.1, -0.05) is 25.1 Å². The standard InChI is InChI=1S/C12H19NO/c1-4-10(2)13(3)9-11-7-5-6-8-12(11)14/h5-8,10,14H,4,9H2,1-3H3. The molecular weight excluding hydrogens is 174 g/mol. The van der Waals surface area contributed by atoms with Crippen LogP contribution in [0.2, 0.25) is 0 Å². The molecule has 0 aromatic heterocycles. The molecular formula is C12H19NO. The topological polar surface area (TPSA) is 23.5 Å². The van der Waals surface area contributed by atoms with Gasteiger partial charge in [0, 0.05) is 18.2 Å². The number of phenols is 1. The lowest BCUT2D eigenvalue weighted by Crippen LogP contribution is -2.27. The molecule has 0 heterocycles. The first kappa shape index (κ1) is 11.1. The van der Waals surface area contributed by atoms with E-state index in [-0.39, 0.29) is 0 Å². The Kier molecular flexibility index (Phi) is 3.96. The van der Waals surface area contributed by atoms with Crippen LogP contribution in [0.4, 0.5) is 0 Å². The van der Waals surface area contributed by atoms with Crippen LogP contribution in [-0.4, -0.2) is 23.1 Å². The van der Waals surface area contributed by atoms with E-state index in [1.165, 1.54) is 0 Å². The van der Waals surface area contributed by atoms with Gasteiger partial charge in [-0.3, -0.25) is 4.90 Å². The van der Waals surface area contributed by atoms with Crippen LogP contribution in [0.1, 0.15) is 25.8 Å². The predicted octanol–water partition coefficient (Wildman–Crippen LogP) is 2.62. The molecule has 0 spiro atoms. The Morgan fingerprint density at radius 2 is 2.00 bits per heavy atom. The van der Waals surface area contributed by atoms with Gasteiger partial charge in [-0.15, -0.1) is 0 Å². The molecule has 0 fully saturated rings. The molecule has 0 saturated heterocycles. The zero-order chi connectivity index (χ0) is 10.6. The molecule has 0 aliphatic rings. The molecule has 1 atom stereocenters. The minimum Gasteiger partial charge on any atom is -0.508 e. The van der Waals surface area contributed by atoms with Gasteiger partial charge in [0.15, 0.2) is 0 Å². The number of hydrogen-bond acceptors (Lipinski definition) is 2. The molecule has 1 N–H and O–H groups in total. The van der Waals surface area contributed by atoms with Crippen LogP contribution in [0.25, 0.3) is 0 Å². The first-order valence-electron chi connectivity index (χ1n) is 5.12. The van der Waals surface area contributed by atoms with Gasteiger partial charge in [-0.25, -0.2) is 0 Å². The largest absolute Gasteiger partial charge is 0.508 e. The average Bonchev–Trinajstić information content (AvgIpc) is 2.20. The Morgan fingerprint density at radius 3 is 2.57 bits per heavy atom. The van der Waals surface area contributed by atoms with Crippen LogP contribution < -0.4 is 0 Å². The minimum absolute atomic E-state index is 0.391. The quantitative estimate of drug-likeness (QED) is 0.794. The summed E-state index contributed by atoms with van der Waals surface area (Å²) in [5.74, 6) is 0.391. The van der Waals surface area contributed by atoms with E-state index in [1.54, 1.807) is 6.07 Å². The second-order valence-electron chi connectivity index (χ2n) is 3.80. The number of aromatic hydroxyl groups is 1. The molecule has 1 rings (SSSR count). The molecule has 78 valence electrons. The summed E-state index contributed by atoms with van der Waals surface area (Å²) in [7, 11) is 2.08. The third-order valence-electron chi connectivity index (χ3n) is 2.75. The highest BCUT2D eigenvalue weighted by Crippen LogP contribution is 2.18. The van der Waals surface area contributed by atoms with Crippen molar-refractivity contribution in [3.8, 4) is 5.75 Å². The maximum atomic E-state index is 9.59. The van der Waals surface area contributed by atoms with Crippen molar-refractivity contribution < 1.29 is 5.11 Å². The zero-order valence-corrected chi connectivity index (χ0v) is 9.20. The molecule has 14 heavy (non-hydrogen) atoms. The van der Waals surface area contributed by atoms with Crippen LogP contribution in [0, 0.1) is 0 Å². The van der Waals surface area contributed by atoms with Gasteiger partial charge >= 0.3 is 0 Å². The molecule has 2 heteroatoms. The van der Waals surface area contributed by atoms with E-state index in [0.717, 1.165) is 18.5 Å². The number of rotatable bonds is 4. The number of para-hydroxylation sites is 1. The highest BCUT2D eigenvalue weighted by atomic mass is 16.3. The second-order valence-corrected chi connectivity index (χ2v) is 3.80. The first-order valence-corrected chi connectivity index (χ1v) is 5.12. The van der Waals surface area contributed by atoms with Crippen molar-refractivity contribution in [1.29, 1.82) is 0 Å². The average molecular weight is 193 g/mol. The van der Waals surface area contributed by atoms with E-state index in [9.17, 15) is 5.11 Å². The predicted molar refractivity (Wildman–Crippen MR) is 59.3 cm³/mol. The molecule has 0 aliphatic carbocycles. The Morgan fingerprint density at radius 1 is 1.36 bits per heavy atom. The summed E-state index contributed by atoms with van der Waals surface area (Å²) in [6.45, 7) is 5.17. The fourth-order valence-electron chi connectivity index (χ4n) is 1.38. The van der Waals surface area contributed by atoms with Crippen LogP contribution in [0.3, 0.4) is 0 Å². The first-order chi connectivity index (χ1) is 6.65. The number of nitrogens with zero attached hydrogens (tertiary/aromatic N) is 1. The monoisotopic (exact) mass is 193 g/mol. The van der Waals surface area contributed by atoms with Crippen molar-refractivity contribution in [1.82, 2.24) is 4.90 Å². The summed E-state index contributed by atoms with van der Waals surface area (Å²) < 4.78 is 0. The van der Waals surface area contributed by atoms with Crippen molar-refractivity contribution >= 4 is 0 Å². The normalized spacial score (nSPS) is 13.1. The van der Waals surface area contributed by atoms with E-state index >= 15 is 0 Å². The summed E-state index contributed by atoms with van der Waals surface area (Å²) >= 11 is 0. The zero-order valence-electron chi connectivity index (χ0n) is 9.20. The number of benzene rings is 1. The van der Waals surface area contributed by atoms with Crippen molar-refractivity contribution in [2.45, 2.75) is 32.9 Å². The van der Waals surface area contributed by atoms with E-state index in [0.29, 0.717) is 11.8 Å². The Balaban J connectivity index is 2.64. The summed E-state index contributed by atoms with van der Waals surface area (Å²) in [6.07, 6.45) is 1.13. The van der Waals surface area contributed by atoms with E-state index in [4.69, 9.17) is 0 Å². The molecule has 0 amide bonds.